The van der Waals surface area contributed by atoms with Crippen LogP contribution in [0.5, 0.6) is 0 Å². The summed E-state index contributed by atoms with van der Waals surface area (Å²) in [4.78, 5) is 35.3. The van der Waals surface area contributed by atoms with Gasteiger partial charge < -0.3 is 20.1 Å². The molecule has 2 amide bonds. The summed E-state index contributed by atoms with van der Waals surface area (Å²) in [5.74, 6) is -2.18. The van der Waals surface area contributed by atoms with Crippen molar-refractivity contribution in [3.8, 4) is 0 Å². The second-order valence-electron chi connectivity index (χ2n) is 5.54. The van der Waals surface area contributed by atoms with E-state index in [2.05, 4.69) is 10.6 Å². The number of carbonyl (C=O) groups is 3. The van der Waals surface area contributed by atoms with Crippen molar-refractivity contribution in [3.05, 3.63) is 65.5 Å². The standard InChI is InChI=1S/C19H19FN2O5/c1-26-11-13-2-4-14(5-3-13)19(25)27-12-18(24)21-10-17(23)22-16-8-6-15(20)7-9-16/h2-9H,10-12H2,1H3,(H,21,24)(H,22,23). The van der Waals surface area contributed by atoms with Crippen molar-refractivity contribution in [3.63, 3.8) is 0 Å². The van der Waals surface area contributed by atoms with Gasteiger partial charge in [-0.3, -0.25) is 9.59 Å². The highest BCUT2D eigenvalue weighted by molar-refractivity contribution is 5.95. The van der Waals surface area contributed by atoms with Crippen LogP contribution in [-0.4, -0.2) is 38.0 Å². The smallest absolute Gasteiger partial charge is 0.338 e. The van der Waals surface area contributed by atoms with E-state index in [0.29, 0.717) is 17.9 Å². The fourth-order valence-electron chi connectivity index (χ4n) is 2.09. The Morgan fingerprint density at radius 1 is 0.963 bits per heavy atom. The van der Waals surface area contributed by atoms with Crippen molar-refractivity contribution in [1.82, 2.24) is 5.32 Å². The molecule has 8 heteroatoms. The molecule has 0 saturated carbocycles. The predicted octanol–water partition coefficient (Wildman–Crippen LogP) is 1.88. The second kappa shape index (κ2) is 10.0. The number of nitrogens with one attached hydrogen (secondary N) is 2. The monoisotopic (exact) mass is 374 g/mol. The maximum absolute atomic E-state index is 12.8. The molecule has 0 spiro atoms. The number of halogens is 1. The van der Waals surface area contributed by atoms with Crippen LogP contribution >= 0.6 is 0 Å². The lowest BCUT2D eigenvalue weighted by Gasteiger charge is -2.08. The predicted molar refractivity (Wildman–Crippen MR) is 95.5 cm³/mol. The lowest BCUT2D eigenvalue weighted by atomic mass is 10.1. The van der Waals surface area contributed by atoms with Gasteiger partial charge in [-0.25, -0.2) is 9.18 Å². The summed E-state index contributed by atoms with van der Waals surface area (Å²) >= 11 is 0. The maximum Gasteiger partial charge on any atom is 0.338 e. The number of hydrogen-bond acceptors (Lipinski definition) is 5. The SMILES string of the molecule is COCc1ccc(C(=O)OCC(=O)NCC(=O)Nc2ccc(F)cc2)cc1. The van der Waals surface area contributed by atoms with E-state index in [1.807, 2.05) is 0 Å². The number of amides is 2. The first-order chi connectivity index (χ1) is 13.0. The number of rotatable bonds is 8. The molecule has 0 aliphatic heterocycles. The molecule has 2 aromatic rings. The van der Waals surface area contributed by atoms with E-state index in [9.17, 15) is 18.8 Å². The third-order valence-corrected chi connectivity index (χ3v) is 3.41. The minimum absolute atomic E-state index is 0.303. The van der Waals surface area contributed by atoms with Gasteiger partial charge in [-0.05, 0) is 42.0 Å². The quantitative estimate of drug-likeness (QED) is 0.688. The molecule has 2 N–H and O–H groups in total. The number of hydrogen-bond donors (Lipinski definition) is 2. The van der Waals surface area contributed by atoms with E-state index in [0.717, 1.165) is 5.56 Å². The van der Waals surface area contributed by atoms with Gasteiger partial charge in [-0.15, -0.1) is 0 Å². The first-order valence-electron chi connectivity index (χ1n) is 8.05. The Balaban J connectivity index is 1.71. The van der Waals surface area contributed by atoms with Crippen molar-refractivity contribution in [1.29, 1.82) is 0 Å². The van der Waals surface area contributed by atoms with Crippen molar-refractivity contribution in [2.75, 3.05) is 25.6 Å². The number of benzene rings is 2. The van der Waals surface area contributed by atoms with Crippen molar-refractivity contribution >= 4 is 23.5 Å². The summed E-state index contributed by atoms with van der Waals surface area (Å²) in [6.45, 7) is -0.389. The molecule has 2 aromatic carbocycles. The third kappa shape index (κ3) is 6.87. The third-order valence-electron chi connectivity index (χ3n) is 3.41. The molecule has 0 fully saturated rings. The van der Waals surface area contributed by atoms with Crippen LogP contribution < -0.4 is 10.6 Å². The molecule has 2 rings (SSSR count). The van der Waals surface area contributed by atoms with Gasteiger partial charge in [0, 0.05) is 12.8 Å². The van der Waals surface area contributed by atoms with Crippen molar-refractivity contribution in [2.24, 2.45) is 0 Å². The highest BCUT2D eigenvalue weighted by Gasteiger charge is 2.11. The molecule has 7 nitrogen and oxygen atoms in total. The van der Waals surface area contributed by atoms with Crippen LogP contribution in [0.4, 0.5) is 10.1 Å². The molecular formula is C19H19FN2O5. The van der Waals surface area contributed by atoms with Gasteiger partial charge >= 0.3 is 5.97 Å². The lowest BCUT2D eigenvalue weighted by Crippen LogP contribution is -2.35. The topological polar surface area (TPSA) is 93.7 Å². The Kier molecular flexibility index (Phi) is 7.45. The van der Waals surface area contributed by atoms with E-state index in [1.165, 1.54) is 24.3 Å². The van der Waals surface area contributed by atoms with Gasteiger partial charge in [0.25, 0.3) is 5.91 Å². The van der Waals surface area contributed by atoms with E-state index in [1.54, 1.807) is 31.4 Å². The summed E-state index contributed by atoms with van der Waals surface area (Å²) in [5, 5.41) is 4.82. The van der Waals surface area contributed by atoms with E-state index >= 15 is 0 Å². The minimum atomic E-state index is -0.648. The Morgan fingerprint density at radius 3 is 2.26 bits per heavy atom. The molecule has 0 saturated heterocycles. The summed E-state index contributed by atoms with van der Waals surface area (Å²) in [5.41, 5.74) is 1.61. The first kappa shape index (κ1) is 20.1. The average Bonchev–Trinajstić information content (AvgIpc) is 2.67. The highest BCUT2D eigenvalue weighted by atomic mass is 19.1. The van der Waals surface area contributed by atoms with E-state index in [-0.39, 0.29) is 6.54 Å². The van der Waals surface area contributed by atoms with Gasteiger partial charge in [0.1, 0.15) is 5.82 Å². The van der Waals surface area contributed by atoms with Gasteiger partial charge in [0.2, 0.25) is 5.91 Å². The van der Waals surface area contributed by atoms with Gasteiger partial charge in [0.15, 0.2) is 6.61 Å². The van der Waals surface area contributed by atoms with Crippen LogP contribution in [0.15, 0.2) is 48.5 Å². The normalized spacial score (nSPS) is 10.1. The largest absolute Gasteiger partial charge is 0.452 e. The minimum Gasteiger partial charge on any atom is -0.452 e. The zero-order valence-electron chi connectivity index (χ0n) is 14.7. The lowest BCUT2D eigenvalue weighted by molar-refractivity contribution is -0.126. The molecule has 0 radical (unpaired) electrons. The molecule has 0 heterocycles. The Bertz CT molecular complexity index is 791. The van der Waals surface area contributed by atoms with Gasteiger partial charge in [0.05, 0.1) is 18.7 Å². The first-order valence-corrected chi connectivity index (χ1v) is 8.05. The molecular weight excluding hydrogens is 355 g/mol. The Labute approximate surface area is 155 Å². The molecule has 0 aliphatic carbocycles. The number of esters is 1. The number of anilines is 1. The molecule has 0 unspecified atom stereocenters. The summed E-state index contributed by atoms with van der Waals surface area (Å²) in [6.07, 6.45) is 0. The maximum atomic E-state index is 12.8. The molecule has 0 aliphatic rings. The second-order valence-corrected chi connectivity index (χ2v) is 5.54. The van der Waals surface area contributed by atoms with Crippen LogP contribution in [0.1, 0.15) is 15.9 Å². The van der Waals surface area contributed by atoms with Crippen molar-refractivity contribution in [2.45, 2.75) is 6.61 Å². The number of carbonyl (C=O) groups excluding carboxylic acids is 3. The number of ether oxygens (including phenoxy) is 2. The Hall–Kier alpha value is -3.26. The summed E-state index contributed by atoms with van der Waals surface area (Å²) in [7, 11) is 1.57. The van der Waals surface area contributed by atoms with Crippen LogP contribution in [-0.2, 0) is 25.7 Å². The molecule has 0 atom stereocenters. The van der Waals surface area contributed by atoms with E-state index in [4.69, 9.17) is 9.47 Å². The van der Waals surface area contributed by atoms with Crippen LogP contribution in [0.2, 0.25) is 0 Å². The Morgan fingerprint density at radius 2 is 1.63 bits per heavy atom. The van der Waals surface area contributed by atoms with Crippen LogP contribution in [0.3, 0.4) is 0 Å². The van der Waals surface area contributed by atoms with Crippen molar-refractivity contribution < 1.29 is 28.2 Å². The fourth-order valence-corrected chi connectivity index (χ4v) is 2.09. The summed E-state index contributed by atoms with van der Waals surface area (Å²) in [6, 6.07) is 11.8. The molecule has 27 heavy (non-hydrogen) atoms. The van der Waals surface area contributed by atoms with Gasteiger partial charge in [-0.1, -0.05) is 12.1 Å². The average molecular weight is 374 g/mol. The molecule has 0 aromatic heterocycles. The molecule has 142 valence electrons. The van der Waals surface area contributed by atoms with Crippen LogP contribution in [0, 0.1) is 5.82 Å². The fraction of sp³-hybridized carbons (Fsp3) is 0.211. The van der Waals surface area contributed by atoms with Crippen LogP contribution in [0.25, 0.3) is 0 Å². The highest BCUT2D eigenvalue weighted by Crippen LogP contribution is 2.08. The van der Waals surface area contributed by atoms with Gasteiger partial charge in [-0.2, -0.15) is 0 Å². The van der Waals surface area contributed by atoms with E-state index < -0.39 is 30.2 Å². The number of methoxy groups -OCH3 is 1. The zero-order valence-corrected chi connectivity index (χ0v) is 14.7. The molecule has 0 bridgehead atoms. The summed E-state index contributed by atoms with van der Waals surface area (Å²) < 4.78 is 22.7. The zero-order chi connectivity index (χ0) is 19.6.